The molecule has 0 aliphatic carbocycles. The highest BCUT2D eigenvalue weighted by atomic mass is 16.3. The molecule has 0 unspecified atom stereocenters. The van der Waals surface area contributed by atoms with Gasteiger partial charge in [0.2, 0.25) is 0 Å². The molecule has 3 aromatic rings. The predicted octanol–water partition coefficient (Wildman–Crippen LogP) is 3.68. The maximum Gasteiger partial charge on any atom is 0.156 e. The Morgan fingerprint density at radius 2 is 1.76 bits per heavy atom. The number of aliphatic hydroxyl groups is 1. The minimum Gasteiger partial charge on any atom is -0.395 e. The highest BCUT2D eigenvalue weighted by Crippen LogP contribution is 2.35. The van der Waals surface area contributed by atoms with Crippen LogP contribution in [0.5, 0.6) is 0 Å². The fourth-order valence-corrected chi connectivity index (χ4v) is 3.66. The summed E-state index contributed by atoms with van der Waals surface area (Å²) in [7, 11) is 0. The molecule has 25 heavy (non-hydrogen) atoms. The van der Waals surface area contributed by atoms with E-state index in [0.29, 0.717) is 6.54 Å². The minimum absolute atomic E-state index is 0.0993. The lowest BCUT2D eigenvalue weighted by molar-refractivity contribution is 0.302. The molecule has 1 aromatic carbocycles. The molecule has 5 heteroatoms. The summed E-state index contributed by atoms with van der Waals surface area (Å²) < 4.78 is 0. The summed E-state index contributed by atoms with van der Waals surface area (Å²) in [6, 6.07) is 4.42. The van der Waals surface area contributed by atoms with Crippen LogP contribution in [0, 0.1) is 27.7 Å². The number of hydrogen-bond donors (Lipinski definition) is 2. The molecular formula is C20H26N4O. The molecule has 0 fully saturated rings. The average Bonchev–Trinajstić information content (AvgIpc) is 2.94. The number of nitrogens with one attached hydrogen (secondary N) is 1. The number of anilines is 1. The molecule has 132 valence electrons. The zero-order valence-corrected chi connectivity index (χ0v) is 15.6. The van der Waals surface area contributed by atoms with Gasteiger partial charge in [-0.25, -0.2) is 9.97 Å². The zero-order valence-electron chi connectivity index (χ0n) is 15.6. The molecule has 0 saturated carbocycles. The predicted molar refractivity (Wildman–Crippen MR) is 103 cm³/mol. The fraction of sp³-hybridized carbons (Fsp3) is 0.400. The van der Waals surface area contributed by atoms with E-state index in [0.717, 1.165) is 34.8 Å². The number of H-pyrrole nitrogens is 1. The van der Waals surface area contributed by atoms with E-state index in [4.69, 9.17) is 4.98 Å². The number of aliphatic hydroxyl groups excluding tert-OH is 1. The summed E-state index contributed by atoms with van der Waals surface area (Å²) in [5.74, 6) is 1.59. The average molecular weight is 338 g/mol. The van der Waals surface area contributed by atoms with E-state index in [1.165, 1.54) is 22.3 Å². The van der Waals surface area contributed by atoms with Crippen molar-refractivity contribution in [2.75, 3.05) is 24.6 Å². The zero-order chi connectivity index (χ0) is 18.1. The van der Waals surface area contributed by atoms with E-state index in [9.17, 15) is 5.11 Å². The van der Waals surface area contributed by atoms with E-state index in [-0.39, 0.29) is 6.61 Å². The van der Waals surface area contributed by atoms with Gasteiger partial charge in [0.25, 0.3) is 0 Å². The van der Waals surface area contributed by atoms with Crippen LogP contribution in [0.3, 0.4) is 0 Å². The number of aryl methyl sites for hydroxylation is 4. The van der Waals surface area contributed by atoms with Gasteiger partial charge in [-0.2, -0.15) is 0 Å². The normalized spacial score (nSPS) is 11.3. The van der Waals surface area contributed by atoms with E-state index in [2.05, 4.69) is 54.7 Å². The van der Waals surface area contributed by atoms with Crippen molar-refractivity contribution < 1.29 is 5.11 Å². The van der Waals surface area contributed by atoms with Gasteiger partial charge in [0.1, 0.15) is 16.9 Å². The molecule has 0 saturated heterocycles. The van der Waals surface area contributed by atoms with Gasteiger partial charge >= 0.3 is 0 Å². The molecule has 0 amide bonds. The number of aromatic nitrogens is 3. The van der Waals surface area contributed by atoms with Crippen molar-refractivity contribution in [1.29, 1.82) is 0 Å². The van der Waals surface area contributed by atoms with Gasteiger partial charge in [0.15, 0.2) is 5.82 Å². The second kappa shape index (κ2) is 6.84. The molecule has 2 aromatic heterocycles. The molecule has 0 atom stereocenters. The maximum atomic E-state index is 9.36. The first-order chi connectivity index (χ1) is 12.0. The summed E-state index contributed by atoms with van der Waals surface area (Å²) in [6.45, 7) is 11.8. The lowest BCUT2D eigenvalue weighted by Crippen LogP contribution is -2.27. The van der Waals surface area contributed by atoms with Gasteiger partial charge in [0, 0.05) is 24.8 Å². The monoisotopic (exact) mass is 338 g/mol. The molecule has 0 aliphatic heterocycles. The molecule has 2 N–H and O–H groups in total. The van der Waals surface area contributed by atoms with Crippen LogP contribution in [-0.4, -0.2) is 39.8 Å². The van der Waals surface area contributed by atoms with Crippen LogP contribution in [0.15, 0.2) is 18.3 Å². The van der Waals surface area contributed by atoms with Crippen molar-refractivity contribution in [3.63, 3.8) is 0 Å². The van der Waals surface area contributed by atoms with Gasteiger partial charge in [0.05, 0.1) is 6.61 Å². The number of fused-ring (bicyclic) bond motifs is 1. The first kappa shape index (κ1) is 17.4. The molecule has 0 aliphatic rings. The molecule has 2 heterocycles. The molecule has 0 bridgehead atoms. The summed E-state index contributed by atoms with van der Waals surface area (Å²) in [6.07, 6.45) is 2.03. The van der Waals surface area contributed by atoms with Crippen LogP contribution < -0.4 is 4.90 Å². The number of aromatic amines is 1. The third kappa shape index (κ3) is 3.12. The summed E-state index contributed by atoms with van der Waals surface area (Å²) in [5, 5.41) is 9.36. The van der Waals surface area contributed by atoms with E-state index in [1.54, 1.807) is 0 Å². The van der Waals surface area contributed by atoms with Crippen LogP contribution in [0.25, 0.3) is 22.2 Å². The Bertz CT molecular complexity index is 890. The fourth-order valence-electron chi connectivity index (χ4n) is 3.66. The first-order valence-electron chi connectivity index (χ1n) is 8.76. The lowest BCUT2D eigenvalue weighted by Gasteiger charge is -2.21. The van der Waals surface area contributed by atoms with E-state index in [1.807, 2.05) is 13.1 Å². The highest BCUT2D eigenvalue weighted by molar-refractivity contribution is 5.99. The van der Waals surface area contributed by atoms with Crippen LogP contribution >= 0.6 is 0 Å². The SMILES string of the molecule is CCN(CCO)c1nc(C)nc2c(-c3c(C)cc(C)cc3C)c[nH]c12. The molecule has 0 spiro atoms. The minimum atomic E-state index is 0.0993. The van der Waals surface area contributed by atoms with Crippen molar-refractivity contribution >= 4 is 16.9 Å². The Balaban J connectivity index is 2.25. The van der Waals surface area contributed by atoms with E-state index >= 15 is 0 Å². The van der Waals surface area contributed by atoms with Crippen molar-refractivity contribution in [2.24, 2.45) is 0 Å². The van der Waals surface area contributed by atoms with Crippen molar-refractivity contribution in [3.8, 4) is 11.1 Å². The topological polar surface area (TPSA) is 65.0 Å². The summed E-state index contributed by atoms with van der Waals surface area (Å²) in [5.41, 5.74) is 7.97. The number of hydrogen-bond acceptors (Lipinski definition) is 4. The second-order valence-corrected chi connectivity index (χ2v) is 6.60. The number of benzene rings is 1. The first-order valence-corrected chi connectivity index (χ1v) is 8.76. The second-order valence-electron chi connectivity index (χ2n) is 6.60. The van der Waals surface area contributed by atoms with Crippen molar-refractivity contribution in [3.05, 3.63) is 40.8 Å². The Morgan fingerprint density at radius 1 is 1.08 bits per heavy atom. The smallest absolute Gasteiger partial charge is 0.156 e. The van der Waals surface area contributed by atoms with Gasteiger partial charge in [-0.15, -0.1) is 0 Å². The largest absolute Gasteiger partial charge is 0.395 e. The Labute approximate surface area is 148 Å². The van der Waals surface area contributed by atoms with Crippen LogP contribution in [-0.2, 0) is 0 Å². The van der Waals surface area contributed by atoms with Gasteiger partial charge in [-0.05, 0) is 51.3 Å². The van der Waals surface area contributed by atoms with Crippen LogP contribution in [0.1, 0.15) is 29.4 Å². The molecule has 3 rings (SSSR count). The van der Waals surface area contributed by atoms with Gasteiger partial charge in [-0.1, -0.05) is 17.7 Å². The lowest BCUT2D eigenvalue weighted by atomic mass is 9.95. The standard InChI is InChI=1S/C20H26N4O/c1-6-24(7-8-25)20-19-18(22-15(5)23-20)16(11-21-19)17-13(3)9-12(2)10-14(17)4/h9-11,21,25H,6-8H2,1-5H3. The molecular weight excluding hydrogens is 312 g/mol. The maximum absolute atomic E-state index is 9.36. The van der Waals surface area contributed by atoms with Crippen LogP contribution in [0.2, 0.25) is 0 Å². The van der Waals surface area contributed by atoms with Gasteiger partial charge in [-0.3, -0.25) is 0 Å². The number of likely N-dealkylation sites (N-methyl/N-ethyl adjacent to an activating group) is 1. The highest BCUT2D eigenvalue weighted by Gasteiger charge is 2.18. The van der Waals surface area contributed by atoms with Crippen molar-refractivity contribution in [1.82, 2.24) is 15.0 Å². The third-order valence-electron chi connectivity index (χ3n) is 4.62. The quantitative estimate of drug-likeness (QED) is 0.745. The molecule has 5 nitrogen and oxygen atoms in total. The third-order valence-corrected chi connectivity index (χ3v) is 4.62. The van der Waals surface area contributed by atoms with Crippen LogP contribution in [0.4, 0.5) is 5.82 Å². The van der Waals surface area contributed by atoms with Crippen molar-refractivity contribution in [2.45, 2.75) is 34.6 Å². The number of rotatable bonds is 5. The van der Waals surface area contributed by atoms with E-state index < -0.39 is 0 Å². The van der Waals surface area contributed by atoms with Gasteiger partial charge < -0.3 is 15.0 Å². The summed E-state index contributed by atoms with van der Waals surface area (Å²) in [4.78, 5) is 14.8. The Morgan fingerprint density at radius 3 is 2.36 bits per heavy atom. The Kier molecular flexibility index (Phi) is 4.77. The molecule has 0 radical (unpaired) electrons. The number of nitrogens with zero attached hydrogens (tertiary/aromatic N) is 3. The summed E-state index contributed by atoms with van der Waals surface area (Å²) >= 11 is 0. The Hall–Kier alpha value is -2.40.